The molecule has 2 aromatic heterocycles. The molecule has 0 saturated carbocycles. The summed E-state index contributed by atoms with van der Waals surface area (Å²) in [4.78, 5) is 12.5. The number of hydrogen-bond donors (Lipinski definition) is 2. The van der Waals surface area contributed by atoms with Crippen molar-refractivity contribution in [3.8, 4) is 0 Å². The van der Waals surface area contributed by atoms with Crippen LogP contribution in [0.2, 0.25) is 10.0 Å². The third kappa shape index (κ3) is 4.44. The largest absolute Gasteiger partial charge is 0.268 e. The van der Waals surface area contributed by atoms with Gasteiger partial charge < -0.3 is 0 Å². The Hall–Kier alpha value is -1.90. The highest BCUT2D eigenvalue weighted by Gasteiger charge is 2.14. The standard InChI is InChI=1S/C16H16Cl2N6OS/c1-8(2)10-7-14(21-22-16(10)25)26-15-11(17)5-9(6-12(15)18)3-4-13-19-23-24-20-13/h5-8H,3-4H2,1-2H3,(H,22,25)(H,19,20,23,24). The molecule has 0 atom stereocenters. The Morgan fingerprint density at radius 2 is 1.85 bits per heavy atom. The SMILES string of the molecule is CC(C)c1cc(Sc2c(Cl)cc(CCc3nnn[nH]3)cc2Cl)n[nH]c1=O. The van der Waals surface area contributed by atoms with Crippen LogP contribution in [0.4, 0.5) is 0 Å². The number of benzene rings is 1. The monoisotopic (exact) mass is 410 g/mol. The minimum Gasteiger partial charge on any atom is -0.268 e. The van der Waals surface area contributed by atoms with Crippen LogP contribution in [-0.2, 0) is 12.8 Å². The van der Waals surface area contributed by atoms with Crippen LogP contribution in [0.25, 0.3) is 0 Å². The van der Waals surface area contributed by atoms with Gasteiger partial charge in [0.1, 0.15) is 10.9 Å². The van der Waals surface area contributed by atoms with E-state index in [1.807, 2.05) is 26.0 Å². The van der Waals surface area contributed by atoms with Crippen LogP contribution in [-0.4, -0.2) is 30.8 Å². The van der Waals surface area contributed by atoms with Crippen LogP contribution in [0.1, 0.15) is 36.7 Å². The molecule has 0 spiro atoms. The van der Waals surface area contributed by atoms with Gasteiger partial charge in [-0.3, -0.25) is 4.79 Å². The normalized spacial score (nSPS) is 11.3. The van der Waals surface area contributed by atoms with E-state index in [1.54, 1.807) is 6.07 Å². The summed E-state index contributed by atoms with van der Waals surface area (Å²) in [5, 5.41) is 22.0. The van der Waals surface area contributed by atoms with E-state index in [0.717, 1.165) is 5.56 Å². The number of halogens is 2. The predicted octanol–water partition coefficient (Wildman–Crippen LogP) is 3.65. The van der Waals surface area contributed by atoms with Crippen molar-refractivity contribution in [1.82, 2.24) is 30.8 Å². The van der Waals surface area contributed by atoms with Crippen LogP contribution in [0.3, 0.4) is 0 Å². The fourth-order valence-corrected chi connectivity index (χ4v) is 3.95. The van der Waals surface area contributed by atoms with Gasteiger partial charge in [-0.25, -0.2) is 10.2 Å². The number of tetrazole rings is 1. The molecule has 136 valence electrons. The van der Waals surface area contributed by atoms with E-state index < -0.39 is 0 Å². The number of hydrogen-bond acceptors (Lipinski definition) is 6. The van der Waals surface area contributed by atoms with Crippen molar-refractivity contribution in [3.05, 3.63) is 55.5 Å². The first-order valence-electron chi connectivity index (χ1n) is 7.92. The van der Waals surface area contributed by atoms with E-state index in [4.69, 9.17) is 23.2 Å². The Morgan fingerprint density at radius 3 is 2.46 bits per heavy atom. The molecule has 0 saturated heterocycles. The highest BCUT2D eigenvalue weighted by Crippen LogP contribution is 2.39. The van der Waals surface area contributed by atoms with Crippen LogP contribution < -0.4 is 5.56 Å². The molecular formula is C16H16Cl2N6OS. The average molecular weight is 411 g/mol. The van der Waals surface area contributed by atoms with Gasteiger partial charge in [-0.1, -0.05) is 48.8 Å². The molecule has 10 heteroatoms. The second kappa shape index (κ2) is 8.20. The second-order valence-corrected chi connectivity index (χ2v) is 7.83. The van der Waals surface area contributed by atoms with Crippen molar-refractivity contribution in [2.24, 2.45) is 0 Å². The van der Waals surface area contributed by atoms with Crippen molar-refractivity contribution in [2.75, 3.05) is 0 Å². The number of H-pyrrole nitrogens is 2. The average Bonchev–Trinajstić information content (AvgIpc) is 3.11. The zero-order valence-corrected chi connectivity index (χ0v) is 16.4. The smallest absolute Gasteiger partial charge is 0.267 e. The van der Waals surface area contributed by atoms with Gasteiger partial charge in [0.2, 0.25) is 0 Å². The number of rotatable bonds is 6. The lowest BCUT2D eigenvalue weighted by Gasteiger charge is -2.10. The Morgan fingerprint density at radius 1 is 1.12 bits per heavy atom. The molecule has 0 aliphatic heterocycles. The Labute approximate surface area is 163 Å². The molecule has 26 heavy (non-hydrogen) atoms. The zero-order valence-electron chi connectivity index (χ0n) is 14.1. The number of nitrogens with one attached hydrogen (secondary N) is 2. The van der Waals surface area contributed by atoms with Crippen LogP contribution in [0.15, 0.2) is 32.9 Å². The van der Waals surface area contributed by atoms with Crippen molar-refractivity contribution >= 4 is 35.0 Å². The van der Waals surface area contributed by atoms with Gasteiger partial charge in [0.05, 0.1) is 14.9 Å². The number of aromatic nitrogens is 6. The van der Waals surface area contributed by atoms with E-state index in [9.17, 15) is 4.79 Å². The maximum atomic E-state index is 11.8. The molecular weight excluding hydrogens is 395 g/mol. The van der Waals surface area contributed by atoms with E-state index in [-0.39, 0.29) is 11.5 Å². The van der Waals surface area contributed by atoms with Gasteiger partial charge in [0.15, 0.2) is 0 Å². The van der Waals surface area contributed by atoms with E-state index >= 15 is 0 Å². The fraction of sp³-hybridized carbons (Fsp3) is 0.312. The minimum absolute atomic E-state index is 0.0972. The molecule has 0 unspecified atom stereocenters. The number of aromatic amines is 2. The summed E-state index contributed by atoms with van der Waals surface area (Å²) in [6, 6.07) is 5.51. The van der Waals surface area contributed by atoms with Crippen LogP contribution in [0.5, 0.6) is 0 Å². The van der Waals surface area contributed by atoms with E-state index in [1.165, 1.54) is 11.8 Å². The number of nitrogens with zero attached hydrogens (tertiary/aromatic N) is 4. The van der Waals surface area contributed by atoms with E-state index in [0.29, 0.717) is 44.2 Å². The zero-order chi connectivity index (χ0) is 18.7. The number of aryl methyl sites for hydroxylation is 2. The first kappa shape index (κ1) is 18.9. The van der Waals surface area contributed by atoms with Gasteiger partial charge in [0, 0.05) is 12.0 Å². The highest BCUT2D eigenvalue weighted by atomic mass is 35.5. The molecule has 0 amide bonds. The molecule has 0 radical (unpaired) electrons. The topological polar surface area (TPSA) is 100 Å². The minimum atomic E-state index is -0.182. The summed E-state index contributed by atoms with van der Waals surface area (Å²) in [6.07, 6.45) is 1.36. The molecule has 3 aromatic rings. The predicted molar refractivity (Wildman–Crippen MR) is 101 cm³/mol. The highest BCUT2D eigenvalue weighted by molar-refractivity contribution is 7.99. The summed E-state index contributed by atoms with van der Waals surface area (Å²) in [7, 11) is 0. The lowest BCUT2D eigenvalue weighted by molar-refractivity contribution is 0.791. The van der Waals surface area contributed by atoms with Crippen molar-refractivity contribution in [1.29, 1.82) is 0 Å². The first-order chi connectivity index (χ1) is 12.4. The molecule has 0 aliphatic rings. The molecule has 2 heterocycles. The van der Waals surface area contributed by atoms with Crippen molar-refractivity contribution in [3.63, 3.8) is 0 Å². The summed E-state index contributed by atoms with van der Waals surface area (Å²) >= 11 is 14.2. The van der Waals surface area contributed by atoms with E-state index in [2.05, 4.69) is 30.8 Å². The molecule has 1 aromatic carbocycles. The van der Waals surface area contributed by atoms with Gasteiger partial charge in [-0.2, -0.15) is 5.10 Å². The molecule has 2 N–H and O–H groups in total. The third-order valence-corrected chi connectivity index (χ3v) is 5.62. The maximum absolute atomic E-state index is 11.8. The summed E-state index contributed by atoms with van der Waals surface area (Å²) < 4.78 is 0. The molecule has 0 fully saturated rings. The lowest BCUT2D eigenvalue weighted by Crippen LogP contribution is -2.15. The Kier molecular flexibility index (Phi) is 5.95. The molecule has 0 bridgehead atoms. The van der Waals surface area contributed by atoms with Crippen molar-refractivity contribution in [2.45, 2.75) is 42.5 Å². The fourth-order valence-electron chi connectivity index (χ4n) is 2.39. The molecule has 3 rings (SSSR count). The van der Waals surface area contributed by atoms with Crippen LogP contribution in [0, 0.1) is 0 Å². The first-order valence-corrected chi connectivity index (χ1v) is 9.49. The van der Waals surface area contributed by atoms with Gasteiger partial charge in [-0.15, -0.1) is 5.10 Å². The van der Waals surface area contributed by atoms with Gasteiger partial charge in [0.25, 0.3) is 5.56 Å². The van der Waals surface area contributed by atoms with Crippen LogP contribution >= 0.6 is 35.0 Å². The van der Waals surface area contributed by atoms with Gasteiger partial charge in [-0.05, 0) is 46.5 Å². The lowest BCUT2D eigenvalue weighted by atomic mass is 10.1. The molecule has 0 aliphatic carbocycles. The summed E-state index contributed by atoms with van der Waals surface area (Å²) in [5.41, 5.74) is 1.48. The summed E-state index contributed by atoms with van der Waals surface area (Å²) in [5.74, 6) is 0.800. The Bertz CT molecular complexity index is 935. The third-order valence-electron chi connectivity index (χ3n) is 3.74. The second-order valence-electron chi connectivity index (χ2n) is 5.98. The summed E-state index contributed by atoms with van der Waals surface area (Å²) in [6.45, 7) is 3.91. The Balaban J connectivity index is 1.80. The quantitative estimate of drug-likeness (QED) is 0.642. The molecule has 7 nitrogen and oxygen atoms in total. The van der Waals surface area contributed by atoms with Crippen molar-refractivity contribution < 1.29 is 0 Å². The van der Waals surface area contributed by atoms with Gasteiger partial charge >= 0.3 is 0 Å². The maximum Gasteiger partial charge on any atom is 0.267 e.